The largest absolute Gasteiger partial charge is 0.379 e. The Morgan fingerprint density at radius 3 is 2.39 bits per heavy atom. The third-order valence-corrected chi connectivity index (χ3v) is 5.42. The topological polar surface area (TPSA) is 73.9 Å². The molecule has 0 saturated carbocycles. The molecule has 0 radical (unpaired) electrons. The first-order valence-corrected chi connectivity index (χ1v) is 10.4. The molecule has 0 aliphatic carbocycles. The van der Waals surface area contributed by atoms with Gasteiger partial charge in [0.2, 0.25) is 0 Å². The van der Waals surface area contributed by atoms with Gasteiger partial charge in [0.05, 0.1) is 13.2 Å². The lowest BCUT2D eigenvalue weighted by Gasteiger charge is -2.32. The summed E-state index contributed by atoms with van der Waals surface area (Å²) >= 11 is 0. The Balaban J connectivity index is 1.27. The van der Waals surface area contributed by atoms with Crippen LogP contribution in [-0.4, -0.2) is 80.1 Å². The molecule has 7 heteroatoms. The van der Waals surface area contributed by atoms with E-state index in [1.807, 2.05) is 6.07 Å². The van der Waals surface area contributed by atoms with Gasteiger partial charge in [0.25, 0.3) is 0 Å². The van der Waals surface area contributed by atoms with E-state index < -0.39 is 11.8 Å². The third-order valence-electron chi connectivity index (χ3n) is 5.42. The van der Waals surface area contributed by atoms with Crippen LogP contribution in [0.3, 0.4) is 0 Å². The highest BCUT2D eigenvalue weighted by Crippen LogP contribution is 2.13. The number of rotatable bonds is 7. The number of carbonyl (C=O) groups excluding carboxylic acids is 2. The van der Waals surface area contributed by atoms with Crippen molar-refractivity contribution in [3.8, 4) is 0 Å². The second-order valence-electron chi connectivity index (χ2n) is 7.57. The van der Waals surface area contributed by atoms with Crippen molar-refractivity contribution < 1.29 is 14.3 Å². The summed E-state index contributed by atoms with van der Waals surface area (Å²) in [5, 5.41) is 5.62. The molecule has 28 heavy (non-hydrogen) atoms. The van der Waals surface area contributed by atoms with Crippen LogP contribution in [0.1, 0.15) is 24.8 Å². The molecule has 0 aromatic heterocycles. The highest BCUT2D eigenvalue weighted by Gasteiger charge is 2.23. The minimum Gasteiger partial charge on any atom is -0.379 e. The molecule has 2 heterocycles. The molecule has 1 aromatic rings. The van der Waals surface area contributed by atoms with E-state index in [2.05, 4.69) is 44.7 Å². The maximum atomic E-state index is 12.1. The molecule has 2 fully saturated rings. The van der Waals surface area contributed by atoms with Crippen LogP contribution >= 0.6 is 0 Å². The molecular weight excluding hydrogens is 356 g/mol. The zero-order valence-electron chi connectivity index (χ0n) is 16.6. The van der Waals surface area contributed by atoms with Gasteiger partial charge in [0.1, 0.15) is 0 Å². The molecule has 2 amide bonds. The van der Waals surface area contributed by atoms with Gasteiger partial charge < -0.3 is 15.4 Å². The fourth-order valence-electron chi connectivity index (χ4n) is 3.74. The van der Waals surface area contributed by atoms with E-state index in [1.54, 1.807) is 0 Å². The molecule has 7 nitrogen and oxygen atoms in total. The molecule has 0 atom stereocenters. The Labute approximate surface area is 167 Å². The van der Waals surface area contributed by atoms with Gasteiger partial charge in [-0.1, -0.05) is 30.3 Å². The molecule has 154 valence electrons. The fourth-order valence-corrected chi connectivity index (χ4v) is 3.74. The van der Waals surface area contributed by atoms with Crippen LogP contribution in [0, 0.1) is 0 Å². The smallest absolute Gasteiger partial charge is 0.309 e. The Hall–Kier alpha value is -1.96. The molecule has 1 aromatic carbocycles. The lowest BCUT2D eigenvalue weighted by Crippen LogP contribution is -2.49. The second-order valence-corrected chi connectivity index (χ2v) is 7.57. The number of piperidine rings is 1. The van der Waals surface area contributed by atoms with Crippen molar-refractivity contribution in [3.05, 3.63) is 35.9 Å². The van der Waals surface area contributed by atoms with Gasteiger partial charge in [-0.05, 0) is 31.4 Å². The number of ether oxygens (including phenoxy) is 1. The van der Waals surface area contributed by atoms with Gasteiger partial charge in [0.15, 0.2) is 0 Å². The number of carbonyl (C=O) groups is 2. The van der Waals surface area contributed by atoms with Crippen molar-refractivity contribution in [1.29, 1.82) is 0 Å². The van der Waals surface area contributed by atoms with Crippen molar-refractivity contribution in [3.63, 3.8) is 0 Å². The highest BCUT2D eigenvalue weighted by molar-refractivity contribution is 6.35. The predicted molar refractivity (Wildman–Crippen MR) is 108 cm³/mol. The summed E-state index contributed by atoms with van der Waals surface area (Å²) in [4.78, 5) is 28.8. The average Bonchev–Trinajstić information content (AvgIpc) is 2.74. The summed E-state index contributed by atoms with van der Waals surface area (Å²) in [6.45, 7) is 7.68. The third kappa shape index (κ3) is 6.89. The summed E-state index contributed by atoms with van der Waals surface area (Å²) in [5.74, 6) is -1.03. The monoisotopic (exact) mass is 388 g/mol. The van der Waals surface area contributed by atoms with Crippen molar-refractivity contribution in [2.75, 3.05) is 52.5 Å². The SMILES string of the molecule is O=C(NCCCN1CCOCC1)C(=O)NC1CCN(Cc2ccccc2)CC1. The van der Waals surface area contributed by atoms with Crippen LogP contribution < -0.4 is 10.6 Å². The summed E-state index contributed by atoms with van der Waals surface area (Å²) < 4.78 is 5.32. The maximum Gasteiger partial charge on any atom is 0.309 e. The number of benzene rings is 1. The highest BCUT2D eigenvalue weighted by atomic mass is 16.5. The summed E-state index contributed by atoms with van der Waals surface area (Å²) in [6.07, 6.45) is 2.60. The van der Waals surface area contributed by atoms with Crippen LogP contribution in [0.25, 0.3) is 0 Å². The zero-order valence-corrected chi connectivity index (χ0v) is 16.6. The normalized spacial score (nSPS) is 19.3. The Morgan fingerprint density at radius 1 is 0.964 bits per heavy atom. The minimum absolute atomic E-state index is 0.0821. The first-order chi connectivity index (χ1) is 13.7. The van der Waals surface area contributed by atoms with Crippen molar-refractivity contribution in [1.82, 2.24) is 20.4 Å². The van der Waals surface area contributed by atoms with E-state index in [4.69, 9.17) is 4.74 Å². The summed E-state index contributed by atoms with van der Waals surface area (Å²) in [6, 6.07) is 10.5. The quantitative estimate of drug-likeness (QED) is 0.529. The first kappa shape index (κ1) is 20.8. The number of amides is 2. The first-order valence-electron chi connectivity index (χ1n) is 10.4. The van der Waals surface area contributed by atoms with E-state index >= 15 is 0 Å². The number of hydrogen-bond acceptors (Lipinski definition) is 5. The Bertz CT molecular complexity index is 611. The van der Waals surface area contributed by atoms with Crippen molar-refractivity contribution in [2.24, 2.45) is 0 Å². The van der Waals surface area contributed by atoms with Crippen molar-refractivity contribution in [2.45, 2.75) is 31.8 Å². The van der Waals surface area contributed by atoms with Gasteiger partial charge in [-0.3, -0.25) is 19.4 Å². The van der Waals surface area contributed by atoms with Crippen LogP contribution in [0.2, 0.25) is 0 Å². The summed E-state index contributed by atoms with van der Waals surface area (Å²) in [5.41, 5.74) is 1.31. The Kier molecular flexibility index (Phi) is 8.26. The van der Waals surface area contributed by atoms with Crippen LogP contribution in [0.5, 0.6) is 0 Å². The van der Waals surface area contributed by atoms with Crippen LogP contribution in [0.4, 0.5) is 0 Å². The average molecular weight is 389 g/mol. The zero-order chi connectivity index (χ0) is 19.6. The van der Waals surface area contributed by atoms with E-state index in [9.17, 15) is 9.59 Å². The number of nitrogens with zero attached hydrogens (tertiary/aromatic N) is 2. The minimum atomic E-state index is -0.520. The Morgan fingerprint density at radius 2 is 1.68 bits per heavy atom. The summed E-state index contributed by atoms with van der Waals surface area (Å²) in [7, 11) is 0. The van der Waals surface area contributed by atoms with Gasteiger partial charge in [-0.15, -0.1) is 0 Å². The van der Waals surface area contributed by atoms with Crippen LogP contribution in [0.15, 0.2) is 30.3 Å². The van der Waals surface area contributed by atoms with E-state index in [-0.39, 0.29) is 6.04 Å². The predicted octanol–water partition coefficient (Wildman–Crippen LogP) is 0.606. The van der Waals surface area contributed by atoms with Gasteiger partial charge in [-0.25, -0.2) is 0 Å². The molecule has 0 bridgehead atoms. The number of likely N-dealkylation sites (tertiary alicyclic amines) is 1. The van der Waals surface area contributed by atoms with Gasteiger partial charge in [-0.2, -0.15) is 0 Å². The lowest BCUT2D eigenvalue weighted by molar-refractivity contribution is -0.139. The molecule has 2 N–H and O–H groups in total. The lowest BCUT2D eigenvalue weighted by atomic mass is 10.0. The number of morpholine rings is 1. The number of hydrogen-bond donors (Lipinski definition) is 2. The number of nitrogens with one attached hydrogen (secondary N) is 2. The van der Waals surface area contributed by atoms with E-state index in [1.165, 1.54) is 5.56 Å². The molecule has 2 aliphatic heterocycles. The molecule has 0 spiro atoms. The van der Waals surface area contributed by atoms with Gasteiger partial charge >= 0.3 is 11.8 Å². The molecule has 2 saturated heterocycles. The maximum absolute atomic E-state index is 12.1. The van der Waals surface area contributed by atoms with E-state index in [0.29, 0.717) is 6.54 Å². The second kappa shape index (κ2) is 11.1. The standard InChI is InChI=1S/C21H32N4O3/c26-20(22-9-4-10-24-13-15-28-16-14-24)21(27)23-19-7-11-25(12-8-19)17-18-5-2-1-3-6-18/h1-3,5-6,19H,4,7-17H2,(H,22,26)(H,23,27). The van der Waals surface area contributed by atoms with Crippen LogP contribution in [-0.2, 0) is 20.9 Å². The van der Waals surface area contributed by atoms with E-state index in [0.717, 1.165) is 71.7 Å². The van der Waals surface area contributed by atoms with Gasteiger partial charge in [0, 0.05) is 45.3 Å². The molecular formula is C21H32N4O3. The molecule has 2 aliphatic rings. The van der Waals surface area contributed by atoms with Crippen molar-refractivity contribution >= 4 is 11.8 Å². The molecule has 0 unspecified atom stereocenters. The fraction of sp³-hybridized carbons (Fsp3) is 0.619. The molecule has 3 rings (SSSR count).